The SMILES string of the molecule is CCCNC(=O)c1ccc(NC(C)(C)C)cc1. The second-order valence-corrected chi connectivity index (χ2v) is 5.21. The van der Waals surface area contributed by atoms with Crippen LogP contribution < -0.4 is 10.6 Å². The number of rotatable bonds is 4. The van der Waals surface area contributed by atoms with E-state index in [4.69, 9.17) is 0 Å². The lowest BCUT2D eigenvalue weighted by atomic mass is 10.1. The summed E-state index contributed by atoms with van der Waals surface area (Å²) in [5.41, 5.74) is 1.77. The highest BCUT2D eigenvalue weighted by Crippen LogP contribution is 2.15. The Morgan fingerprint density at radius 3 is 2.24 bits per heavy atom. The summed E-state index contributed by atoms with van der Waals surface area (Å²) in [4.78, 5) is 11.7. The van der Waals surface area contributed by atoms with Gasteiger partial charge in [-0.15, -0.1) is 0 Å². The third kappa shape index (κ3) is 4.89. The van der Waals surface area contributed by atoms with Gasteiger partial charge in [-0.2, -0.15) is 0 Å². The largest absolute Gasteiger partial charge is 0.380 e. The molecule has 0 fully saturated rings. The Bertz CT molecular complexity index is 363. The van der Waals surface area contributed by atoms with Gasteiger partial charge in [0.1, 0.15) is 0 Å². The van der Waals surface area contributed by atoms with Crippen molar-refractivity contribution in [2.24, 2.45) is 0 Å². The maximum absolute atomic E-state index is 11.7. The molecule has 0 saturated heterocycles. The monoisotopic (exact) mass is 234 g/mol. The van der Waals surface area contributed by atoms with Crippen molar-refractivity contribution < 1.29 is 4.79 Å². The number of hydrogen-bond donors (Lipinski definition) is 2. The number of anilines is 1. The van der Waals surface area contributed by atoms with Crippen LogP contribution in [0.15, 0.2) is 24.3 Å². The summed E-state index contributed by atoms with van der Waals surface area (Å²) in [6.07, 6.45) is 0.954. The Kier molecular flexibility index (Phi) is 4.55. The van der Waals surface area contributed by atoms with Gasteiger partial charge in [-0.25, -0.2) is 0 Å². The molecule has 0 bridgehead atoms. The summed E-state index contributed by atoms with van der Waals surface area (Å²) in [6.45, 7) is 9.08. The molecule has 0 saturated carbocycles. The van der Waals surface area contributed by atoms with Crippen molar-refractivity contribution >= 4 is 11.6 Å². The lowest BCUT2D eigenvalue weighted by Gasteiger charge is -2.22. The van der Waals surface area contributed by atoms with Crippen LogP contribution in [0.4, 0.5) is 5.69 Å². The lowest BCUT2D eigenvalue weighted by molar-refractivity contribution is 0.0953. The fourth-order valence-electron chi connectivity index (χ4n) is 1.48. The maximum atomic E-state index is 11.7. The standard InChI is InChI=1S/C14H22N2O/c1-5-10-15-13(17)11-6-8-12(9-7-11)16-14(2,3)4/h6-9,16H,5,10H2,1-4H3,(H,15,17). The zero-order valence-electron chi connectivity index (χ0n) is 11.1. The Labute approximate surface area is 104 Å². The Morgan fingerprint density at radius 1 is 1.18 bits per heavy atom. The van der Waals surface area contributed by atoms with E-state index in [1.54, 1.807) is 0 Å². The van der Waals surface area contributed by atoms with Crippen molar-refractivity contribution in [1.29, 1.82) is 0 Å². The molecule has 0 spiro atoms. The fraction of sp³-hybridized carbons (Fsp3) is 0.500. The number of amides is 1. The predicted molar refractivity (Wildman–Crippen MR) is 72.4 cm³/mol. The normalized spacial score (nSPS) is 11.1. The molecule has 94 valence electrons. The number of benzene rings is 1. The van der Waals surface area contributed by atoms with Crippen molar-refractivity contribution in [3.05, 3.63) is 29.8 Å². The number of nitrogens with one attached hydrogen (secondary N) is 2. The molecule has 1 amide bonds. The van der Waals surface area contributed by atoms with Crippen LogP contribution in [0.2, 0.25) is 0 Å². The van der Waals surface area contributed by atoms with E-state index in [1.807, 2.05) is 31.2 Å². The van der Waals surface area contributed by atoms with Gasteiger partial charge in [-0.05, 0) is 51.5 Å². The third-order valence-corrected chi connectivity index (χ3v) is 2.20. The van der Waals surface area contributed by atoms with Crippen molar-refractivity contribution in [3.8, 4) is 0 Å². The molecule has 2 N–H and O–H groups in total. The average Bonchev–Trinajstić information content (AvgIpc) is 2.24. The average molecular weight is 234 g/mol. The van der Waals surface area contributed by atoms with E-state index in [-0.39, 0.29) is 11.4 Å². The maximum Gasteiger partial charge on any atom is 0.251 e. The van der Waals surface area contributed by atoms with E-state index in [0.29, 0.717) is 5.56 Å². The van der Waals surface area contributed by atoms with E-state index in [1.165, 1.54) is 0 Å². The molecule has 3 heteroatoms. The first kappa shape index (κ1) is 13.6. The van der Waals surface area contributed by atoms with Crippen LogP contribution in [0.3, 0.4) is 0 Å². The summed E-state index contributed by atoms with van der Waals surface area (Å²) in [6, 6.07) is 7.57. The van der Waals surface area contributed by atoms with Gasteiger partial charge < -0.3 is 10.6 Å². The highest BCUT2D eigenvalue weighted by atomic mass is 16.1. The van der Waals surface area contributed by atoms with Crippen LogP contribution in [0, 0.1) is 0 Å². The van der Waals surface area contributed by atoms with E-state index in [9.17, 15) is 4.79 Å². The fourth-order valence-corrected chi connectivity index (χ4v) is 1.48. The van der Waals surface area contributed by atoms with Crippen molar-refractivity contribution in [2.45, 2.75) is 39.7 Å². The van der Waals surface area contributed by atoms with E-state index < -0.39 is 0 Å². The molecule has 0 aliphatic rings. The molecular formula is C14H22N2O. The quantitative estimate of drug-likeness (QED) is 0.840. The van der Waals surface area contributed by atoms with Gasteiger partial charge in [-0.1, -0.05) is 6.92 Å². The first-order chi connectivity index (χ1) is 7.92. The molecule has 0 radical (unpaired) electrons. The first-order valence-electron chi connectivity index (χ1n) is 6.09. The van der Waals surface area contributed by atoms with Gasteiger partial charge in [0.05, 0.1) is 0 Å². The number of carbonyl (C=O) groups excluding carboxylic acids is 1. The molecule has 3 nitrogen and oxygen atoms in total. The molecule has 0 unspecified atom stereocenters. The first-order valence-corrected chi connectivity index (χ1v) is 6.09. The molecule has 17 heavy (non-hydrogen) atoms. The zero-order valence-corrected chi connectivity index (χ0v) is 11.1. The topological polar surface area (TPSA) is 41.1 Å². The molecule has 1 aromatic carbocycles. The summed E-state index contributed by atoms with van der Waals surface area (Å²) in [7, 11) is 0. The second-order valence-electron chi connectivity index (χ2n) is 5.21. The highest BCUT2D eigenvalue weighted by molar-refractivity contribution is 5.94. The van der Waals surface area contributed by atoms with E-state index in [2.05, 4.69) is 31.4 Å². The molecule has 0 aromatic heterocycles. The second kappa shape index (κ2) is 5.71. The zero-order chi connectivity index (χ0) is 12.9. The minimum absolute atomic E-state index is 0.00541. The van der Waals surface area contributed by atoms with Crippen molar-refractivity contribution in [3.63, 3.8) is 0 Å². The Morgan fingerprint density at radius 2 is 1.76 bits per heavy atom. The minimum Gasteiger partial charge on any atom is -0.380 e. The molecular weight excluding hydrogens is 212 g/mol. The summed E-state index contributed by atoms with van der Waals surface area (Å²) < 4.78 is 0. The van der Waals surface area contributed by atoms with Gasteiger partial charge in [0.15, 0.2) is 0 Å². The highest BCUT2D eigenvalue weighted by Gasteiger charge is 2.09. The van der Waals surface area contributed by atoms with E-state index >= 15 is 0 Å². The minimum atomic E-state index is -0.00541. The van der Waals surface area contributed by atoms with Crippen LogP contribution in [-0.4, -0.2) is 18.0 Å². The van der Waals surface area contributed by atoms with Gasteiger partial charge >= 0.3 is 0 Å². The number of carbonyl (C=O) groups is 1. The molecule has 1 aromatic rings. The molecule has 0 aliphatic carbocycles. The summed E-state index contributed by atoms with van der Waals surface area (Å²) in [5, 5.41) is 6.22. The smallest absolute Gasteiger partial charge is 0.251 e. The van der Waals surface area contributed by atoms with Gasteiger partial charge in [0, 0.05) is 23.3 Å². The van der Waals surface area contributed by atoms with Crippen LogP contribution in [0.25, 0.3) is 0 Å². The van der Waals surface area contributed by atoms with Crippen LogP contribution >= 0.6 is 0 Å². The third-order valence-electron chi connectivity index (χ3n) is 2.20. The Balaban J connectivity index is 2.64. The summed E-state index contributed by atoms with van der Waals surface area (Å²) in [5.74, 6) is -0.00541. The van der Waals surface area contributed by atoms with Crippen molar-refractivity contribution in [1.82, 2.24) is 5.32 Å². The Hall–Kier alpha value is -1.51. The van der Waals surface area contributed by atoms with Gasteiger partial charge in [0.2, 0.25) is 0 Å². The molecule has 0 heterocycles. The molecule has 0 atom stereocenters. The predicted octanol–water partition coefficient (Wildman–Crippen LogP) is 3.04. The molecule has 1 rings (SSSR count). The lowest BCUT2D eigenvalue weighted by Crippen LogP contribution is -2.26. The van der Waals surface area contributed by atoms with Crippen LogP contribution in [0.5, 0.6) is 0 Å². The van der Waals surface area contributed by atoms with E-state index in [0.717, 1.165) is 18.7 Å². The van der Waals surface area contributed by atoms with Crippen molar-refractivity contribution in [2.75, 3.05) is 11.9 Å². The van der Waals surface area contributed by atoms with Gasteiger partial charge in [-0.3, -0.25) is 4.79 Å². The van der Waals surface area contributed by atoms with Gasteiger partial charge in [0.25, 0.3) is 5.91 Å². The number of hydrogen-bond acceptors (Lipinski definition) is 2. The van der Waals surface area contributed by atoms with Crippen LogP contribution in [-0.2, 0) is 0 Å². The summed E-state index contributed by atoms with van der Waals surface area (Å²) >= 11 is 0. The molecule has 0 aliphatic heterocycles. The van der Waals surface area contributed by atoms with Crippen LogP contribution in [0.1, 0.15) is 44.5 Å².